The van der Waals surface area contributed by atoms with Crippen LogP contribution in [0.1, 0.15) is 13.3 Å². The van der Waals surface area contributed by atoms with Crippen LogP contribution in [0.25, 0.3) is 0 Å². The highest BCUT2D eigenvalue weighted by atomic mass is 16.5. The maximum atomic E-state index is 12.8. The summed E-state index contributed by atoms with van der Waals surface area (Å²) in [6, 6.07) is 13.7. The highest BCUT2D eigenvalue weighted by molar-refractivity contribution is 6.23. The van der Waals surface area contributed by atoms with Gasteiger partial charge in [0.25, 0.3) is 5.91 Å². The molecule has 2 amide bonds. The molecular weight excluding hydrogens is 320 g/mol. The van der Waals surface area contributed by atoms with Gasteiger partial charge >= 0.3 is 0 Å². The molecule has 1 fully saturated rings. The van der Waals surface area contributed by atoms with Gasteiger partial charge in [0.1, 0.15) is 17.5 Å². The summed E-state index contributed by atoms with van der Waals surface area (Å²) in [4.78, 5) is 26.5. The number of carbonyl (C=O) groups excluding carboxylic acids is 2. The summed E-state index contributed by atoms with van der Waals surface area (Å²) in [7, 11) is 1.56. The van der Waals surface area contributed by atoms with E-state index in [-0.39, 0.29) is 18.2 Å². The molecule has 1 saturated heterocycles. The van der Waals surface area contributed by atoms with Crippen LogP contribution in [-0.2, 0) is 9.59 Å². The minimum atomic E-state index is -0.640. The highest BCUT2D eigenvalue weighted by Gasteiger charge is 2.41. The molecule has 1 heterocycles. The van der Waals surface area contributed by atoms with Crippen LogP contribution >= 0.6 is 0 Å². The fourth-order valence-electron chi connectivity index (χ4n) is 2.87. The standard InChI is InChI=1S/C19H20N2O4/c1-3-25-17-11-7-5-9-15(17)21-18(22)12-14(19(21)23)20-13-8-4-6-10-16(13)24-2/h4-11,14,20H,3,12H2,1-2H3/t14-/m1/s1. The Balaban J connectivity index is 1.86. The molecule has 1 N–H and O–H groups in total. The first-order valence-corrected chi connectivity index (χ1v) is 8.14. The zero-order chi connectivity index (χ0) is 17.8. The molecule has 0 aromatic heterocycles. The van der Waals surface area contributed by atoms with Gasteiger partial charge in [0.2, 0.25) is 5.91 Å². The molecule has 130 valence electrons. The SMILES string of the molecule is CCOc1ccccc1N1C(=O)C[C@@H](Nc2ccccc2OC)C1=O. The van der Waals surface area contributed by atoms with Crippen molar-refractivity contribution >= 4 is 23.2 Å². The van der Waals surface area contributed by atoms with Crippen molar-refractivity contribution in [3.8, 4) is 11.5 Å². The van der Waals surface area contributed by atoms with Crippen LogP contribution in [0.5, 0.6) is 11.5 Å². The Labute approximate surface area is 146 Å². The molecule has 1 aliphatic rings. The second-order valence-electron chi connectivity index (χ2n) is 5.57. The van der Waals surface area contributed by atoms with Gasteiger partial charge in [-0.25, -0.2) is 4.90 Å². The maximum Gasteiger partial charge on any atom is 0.256 e. The molecule has 6 heteroatoms. The van der Waals surface area contributed by atoms with E-state index in [0.717, 1.165) is 0 Å². The molecular formula is C19H20N2O4. The molecule has 0 unspecified atom stereocenters. The van der Waals surface area contributed by atoms with Crippen molar-refractivity contribution in [2.75, 3.05) is 23.9 Å². The van der Waals surface area contributed by atoms with Crippen molar-refractivity contribution in [2.24, 2.45) is 0 Å². The Bertz CT molecular complexity index is 790. The summed E-state index contributed by atoms with van der Waals surface area (Å²) in [6.45, 7) is 2.31. The van der Waals surface area contributed by atoms with Gasteiger partial charge in [-0.1, -0.05) is 24.3 Å². The lowest BCUT2D eigenvalue weighted by Gasteiger charge is -2.19. The topological polar surface area (TPSA) is 67.9 Å². The summed E-state index contributed by atoms with van der Waals surface area (Å²) in [6.07, 6.45) is 0.0807. The Morgan fingerprint density at radius 3 is 2.48 bits per heavy atom. The van der Waals surface area contributed by atoms with Crippen LogP contribution < -0.4 is 19.7 Å². The molecule has 2 aromatic carbocycles. The molecule has 2 aromatic rings. The number of nitrogens with zero attached hydrogens (tertiary/aromatic N) is 1. The normalized spacial score (nSPS) is 16.9. The largest absolute Gasteiger partial charge is 0.495 e. The molecule has 0 saturated carbocycles. The monoisotopic (exact) mass is 340 g/mol. The number of rotatable bonds is 6. The van der Waals surface area contributed by atoms with Crippen molar-refractivity contribution < 1.29 is 19.1 Å². The van der Waals surface area contributed by atoms with E-state index < -0.39 is 6.04 Å². The third-order valence-corrected chi connectivity index (χ3v) is 3.99. The highest BCUT2D eigenvalue weighted by Crippen LogP contribution is 2.33. The van der Waals surface area contributed by atoms with E-state index in [1.165, 1.54) is 4.90 Å². The van der Waals surface area contributed by atoms with Crippen molar-refractivity contribution in [2.45, 2.75) is 19.4 Å². The van der Waals surface area contributed by atoms with Crippen LogP contribution in [0.4, 0.5) is 11.4 Å². The zero-order valence-corrected chi connectivity index (χ0v) is 14.2. The van der Waals surface area contributed by atoms with E-state index in [9.17, 15) is 9.59 Å². The Morgan fingerprint density at radius 2 is 1.76 bits per heavy atom. The lowest BCUT2D eigenvalue weighted by Crippen LogP contribution is -2.35. The molecule has 0 bridgehead atoms. The van der Waals surface area contributed by atoms with Crippen LogP contribution in [0.3, 0.4) is 0 Å². The number of nitrogens with one attached hydrogen (secondary N) is 1. The fraction of sp³-hybridized carbons (Fsp3) is 0.263. The molecule has 0 radical (unpaired) electrons. The number of carbonyl (C=O) groups is 2. The number of anilines is 2. The predicted octanol–water partition coefficient (Wildman–Crippen LogP) is 2.84. The van der Waals surface area contributed by atoms with E-state index >= 15 is 0 Å². The van der Waals surface area contributed by atoms with E-state index in [1.54, 1.807) is 31.4 Å². The Kier molecular flexibility index (Phi) is 4.88. The van der Waals surface area contributed by atoms with Crippen molar-refractivity contribution in [3.05, 3.63) is 48.5 Å². The average Bonchev–Trinajstić information content (AvgIpc) is 2.90. The van der Waals surface area contributed by atoms with E-state index in [0.29, 0.717) is 29.5 Å². The van der Waals surface area contributed by atoms with Gasteiger partial charge in [-0.15, -0.1) is 0 Å². The summed E-state index contributed by atoms with van der Waals surface area (Å²) in [5.74, 6) is 0.577. The van der Waals surface area contributed by atoms with Crippen molar-refractivity contribution in [3.63, 3.8) is 0 Å². The number of ether oxygens (including phenoxy) is 2. The van der Waals surface area contributed by atoms with Crippen LogP contribution in [0, 0.1) is 0 Å². The van der Waals surface area contributed by atoms with E-state index in [4.69, 9.17) is 9.47 Å². The summed E-state index contributed by atoms with van der Waals surface area (Å²) in [5.41, 5.74) is 1.15. The third-order valence-electron chi connectivity index (χ3n) is 3.99. The maximum absolute atomic E-state index is 12.8. The van der Waals surface area contributed by atoms with Gasteiger partial charge in [-0.2, -0.15) is 0 Å². The van der Waals surface area contributed by atoms with Crippen LogP contribution in [-0.4, -0.2) is 31.6 Å². The average molecular weight is 340 g/mol. The second kappa shape index (κ2) is 7.25. The first-order chi connectivity index (χ1) is 12.2. The van der Waals surface area contributed by atoms with Crippen LogP contribution in [0.15, 0.2) is 48.5 Å². The third kappa shape index (κ3) is 3.28. The minimum Gasteiger partial charge on any atom is -0.495 e. The van der Waals surface area contributed by atoms with E-state index in [1.807, 2.05) is 31.2 Å². The lowest BCUT2D eigenvalue weighted by atomic mass is 10.2. The quantitative estimate of drug-likeness (QED) is 0.819. The minimum absolute atomic E-state index is 0.0807. The first-order valence-electron chi connectivity index (χ1n) is 8.14. The molecule has 25 heavy (non-hydrogen) atoms. The number of benzene rings is 2. The van der Waals surface area contributed by atoms with Crippen LogP contribution in [0.2, 0.25) is 0 Å². The van der Waals surface area contributed by atoms with Crippen molar-refractivity contribution in [1.82, 2.24) is 0 Å². The Hall–Kier alpha value is -3.02. The number of imide groups is 1. The molecule has 3 rings (SSSR count). The predicted molar refractivity (Wildman–Crippen MR) is 95.1 cm³/mol. The van der Waals surface area contributed by atoms with Crippen molar-refractivity contribution in [1.29, 1.82) is 0 Å². The first kappa shape index (κ1) is 16.8. The van der Waals surface area contributed by atoms with Gasteiger partial charge in [0.05, 0.1) is 31.5 Å². The van der Waals surface area contributed by atoms with Gasteiger partial charge in [-0.3, -0.25) is 9.59 Å². The van der Waals surface area contributed by atoms with E-state index in [2.05, 4.69) is 5.32 Å². The molecule has 1 atom stereocenters. The van der Waals surface area contributed by atoms with Gasteiger partial charge in [-0.05, 0) is 31.2 Å². The fourth-order valence-corrected chi connectivity index (χ4v) is 2.87. The van der Waals surface area contributed by atoms with Gasteiger partial charge in [0, 0.05) is 0 Å². The number of hydrogen-bond acceptors (Lipinski definition) is 5. The zero-order valence-electron chi connectivity index (χ0n) is 14.2. The number of amides is 2. The molecule has 0 spiro atoms. The number of para-hydroxylation sites is 4. The lowest BCUT2D eigenvalue weighted by molar-refractivity contribution is -0.121. The van der Waals surface area contributed by atoms with Gasteiger partial charge < -0.3 is 14.8 Å². The summed E-state index contributed by atoms with van der Waals surface area (Å²) < 4.78 is 10.8. The summed E-state index contributed by atoms with van der Waals surface area (Å²) in [5, 5.41) is 3.11. The number of hydrogen-bond donors (Lipinski definition) is 1. The van der Waals surface area contributed by atoms with Gasteiger partial charge in [0.15, 0.2) is 0 Å². The molecule has 6 nitrogen and oxygen atoms in total. The molecule has 0 aliphatic carbocycles. The molecule has 1 aliphatic heterocycles. The number of methoxy groups -OCH3 is 1. The Morgan fingerprint density at radius 1 is 1.08 bits per heavy atom. The second-order valence-corrected chi connectivity index (χ2v) is 5.57. The smallest absolute Gasteiger partial charge is 0.256 e. The summed E-state index contributed by atoms with van der Waals surface area (Å²) >= 11 is 0.